The van der Waals surface area contributed by atoms with Crippen molar-refractivity contribution in [3.63, 3.8) is 0 Å². The maximum absolute atomic E-state index is 12.0. The first-order valence-electron chi connectivity index (χ1n) is 7.61. The lowest BCUT2D eigenvalue weighted by atomic mass is 10.0. The van der Waals surface area contributed by atoms with E-state index in [0.717, 1.165) is 22.9 Å². The molecule has 0 aliphatic rings. The summed E-state index contributed by atoms with van der Waals surface area (Å²) in [7, 11) is 0. The summed E-state index contributed by atoms with van der Waals surface area (Å²) in [4.78, 5) is 15.3. The summed E-state index contributed by atoms with van der Waals surface area (Å²) < 4.78 is 0. The number of amides is 1. The zero-order chi connectivity index (χ0) is 15.2. The summed E-state index contributed by atoms with van der Waals surface area (Å²) in [5.41, 5.74) is 3.44. The molecular weight excluding hydrogens is 264 g/mol. The zero-order valence-corrected chi connectivity index (χ0v) is 12.8. The van der Waals surface area contributed by atoms with Gasteiger partial charge < -0.3 is 15.4 Å². The first-order chi connectivity index (χ1) is 10.2. The molecular formula is C17H24N2O2. The van der Waals surface area contributed by atoms with Gasteiger partial charge in [-0.15, -0.1) is 0 Å². The Morgan fingerprint density at radius 1 is 1.38 bits per heavy atom. The average molecular weight is 288 g/mol. The van der Waals surface area contributed by atoms with Gasteiger partial charge in [0.1, 0.15) is 0 Å². The van der Waals surface area contributed by atoms with E-state index in [2.05, 4.69) is 29.4 Å². The molecule has 0 fully saturated rings. The van der Waals surface area contributed by atoms with Crippen LogP contribution in [-0.2, 0) is 17.6 Å². The fourth-order valence-corrected chi connectivity index (χ4v) is 2.56. The number of H-pyrrole nitrogens is 1. The van der Waals surface area contributed by atoms with Gasteiger partial charge in [-0.3, -0.25) is 4.79 Å². The first kappa shape index (κ1) is 15.6. The zero-order valence-electron chi connectivity index (χ0n) is 12.8. The molecule has 114 valence electrons. The number of nitrogens with one attached hydrogen (secondary N) is 2. The molecule has 2 rings (SSSR count). The molecule has 0 spiro atoms. The maximum atomic E-state index is 12.0. The number of carbonyl (C=O) groups excluding carboxylic acids is 1. The molecule has 0 radical (unpaired) electrons. The molecule has 21 heavy (non-hydrogen) atoms. The number of hydrogen-bond donors (Lipinski definition) is 3. The van der Waals surface area contributed by atoms with Crippen molar-refractivity contribution in [3.05, 3.63) is 35.5 Å². The summed E-state index contributed by atoms with van der Waals surface area (Å²) in [5, 5.41) is 12.9. The van der Waals surface area contributed by atoms with Crippen LogP contribution in [0.3, 0.4) is 0 Å². The van der Waals surface area contributed by atoms with E-state index in [-0.39, 0.29) is 12.5 Å². The predicted molar refractivity (Wildman–Crippen MR) is 85.3 cm³/mol. The number of aliphatic hydroxyl groups excluding tert-OH is 1. The van der Waals surface area contributed by atoms with E-state index in [9.17, 15) is 4.79 Å². The van der Waals surface area contributed by atoms with Gasteiger partial charge in [0.2, 0.25) is 5.91 Å². The second-order valence-corrected chi connectivity index (χ2v) is 5.61. The number of hydrogen-bond acceptors (Lipinski definition) is 2. The van der Waals surface area contributed by atoms with Crippen LogP contribution in [-0.4, -0.2) is 29.1 Å². The van der Waals surface area contributed by atoms with E-state index in [4.69, 9.17) is 5.11 Å². The van der Waals surface area contributed by atoms with E-state index in [1.165, 1.54) is 5.56 Å². The number of rotatable bonds is 7. The van der Waals surface area contributed by atoms with Crippen molar-refractivity contribution in [3.8, 4) is 0 Å². The Bertz CT molecular complexity index is 604. The minimum absolute atomic E-state index is 0.0302. The molecule has 1 unspecified atom stereocenters. The molecule has 4 nitrogen and oxygen atoms in total. The quantitative estimate of drug-likeness (QED) is 0.732. The van der Waals surface area contributed by atoms with Crippen LogP contribution in [0.1, 0.15) is 31.4 Å². The molecule has 1 amide bonds. The third-order valence-corrected chi connectivity index (χ3v) is 3.89. The van der Waals surface area contributed by atoms with Crippen molar-refractivity contribution in [2.24, 2.45) is 5.92 Å². The van der Waals surface area contributed by atoms with Crippen LogP contribution in [0.4, 0.5) is 0 Å². The fourth-order valence-electron chi connectivity index (χ4n) is 2.56. The van der Waals surface area contributed by atoms with Crippen LogP contribution >= 0.6 is 0 Å². The minimum Gasteiger partial charge on any atom is -0.396 e. The lowest BCUT2D eigenvalue weighted by Crippen LogP contribution is -2.29. The number of aromatic nitrogens is 1. The van der Waals surface area contributed by atoms with E-state index in [1.807, 2.05) is 19.2 Å². The molecule has 2 aromatic rings. The lowest BCUT2D eigenvalue weighted by molar-refractivity contribution is -0.120. The van der Waals surface area contributed by atoms with Crippen molar-refractivity contribution in [1.82, 2.24) is 10.3 Å². The van der Waals surface area contributed by atoms with Gasteiger partial charge in [0.05, 0.1) is 6.42 Å². The SMILES string of the molecule is CCc1cccc2c(CC(=O)NCC(C)CCO)c[nH]c12. The van der Waals surface area contributed by atoms with Crippen LogP contribution < -0.4 is 5.32 Å². The standard InChI is InChI=1S/C17H24N2O2/c1-3-13-5-4-6-15-14(11-19-17(13)15)9-16(21)18-10-12(2)7-8-20/h4-6,11-12,19-20H,3,7-10H2,1-2H3,(H,18,21). The fraction of sp³-hybridized carbons (Fsp3) is 0.471. The molecule has 0 saturated carbocycles. The van der Waals surface area contributed by atoms with Gasteiger partial charge in [-0.2, -0.15) is 0 Å². The summed E-state index contributed by atoms with van der Waals surface area (Å²) in [6.07, 6.45) is 4.01. The minimum atomic E-state index is 0.0302. The topological polar surface area (TPSA) is 65.1 Å². The highest BCUT2D eigenvalue weighted by molar-refractivity contribution is 5.90. The summed E-state index contributed by atoms with van der Waals surface area (Å²) in [6, 6.07) is 6.21. The lowest BCUT2D eigenvalue weighted by Gasteiger charge is -2.10. The van der Waals surface area contributed by atoms with Crippen molar-refractivity contribution >= 4 is 16.8 Å². The number of aromatic amines is 1. The second kappa shape index (κ2) is 7.27. The molecule has 3 N–H and O–H groups in total. The number of aryl methyl sites for hydroxylation is 1. The Morgan fingerprint density at radius 3 is 2.90 bits per heavy atom. The third-order valence-electron chi connectivity index (χ3n) is 3.89. The van der Waals surface area contributed by atoms with Crippen LogP contribution in [0.25, 0.3) is 10.9 Å². The van der Waals surface area contributed by atoms with Gasteiger partial charge >= 0.3 is 0 Å². The largest absolute Gasteiger partial charge is 0.396 e. The van der Waals surface area contributed by atoms with E-state index < -0.39 is 0 Å². The van der Waals surface area contributed by atoms with Gasteiger partial charge in [0.25, 0.3) is 0 Å². The van der Waals surface area contributed by atoms with Gasteiger partial charge in [0.15, 0.2) is 0 Å². The van der Waals surface area contributed by atoms with Gasteiger partial charge in [0, 0.05) is 30.3 Å². The molecule has 1 atom stereocenters. The van der Waals surface area contributed by atoms with Gasteiger partial charge in [-0.05, 0) is 29.9 Å². The Labute approximate surface area is 125 Å². The highest BCUT2D eigenvalue weighted by Crippen LogP contribution is 2.22. The molecule has 0 bridgehead atoms. The number of para-hydroxylation sites is 1. The van der Waals surface area contributed by atoms with E-state index in [0.29, 0.717) is 25.3 Å². The maximum Gasteiger partial charge on any atom is 0.224 e. The van der Waals surface area contributed by atoms with Crippen LogP contribution in [0.15, 0.2) is 24.4 Å². The average Bonchev–Trinajstić information content (AvgIpc) is 2.88. The molecule has 1 heterocycles. The molecule has 1 aromatic carbocycles. The number of carbonyl (C=O) groups is 1. The van der Waals surface area contributed by atoms with E-state index in [1.54, 1.807) is 0 Å². The molecule has 0 saturated heterocycles. The van der Waals surface area contributed by atoms with Crippen molar-refractivity contribution in [2.75, 3.05) is 13.2 Å². The van der Waals surface area contributed by atoms with Crippen LogP contribution in [0.5, 0.6) is 0 Å². The number of fused-ring (bicyclic) bond motifs is 1. The highest BCUT2D eigenvalue weighted by atomic mass is 16.3. The van der Waals surface area contributed by atoms with Crippen molar-refractivity contribution in [2.45, 2.75) is 33.1 Å². The Hall–Kier alpha value is -1.81. The van der Waals surface area contributed by atoms with Crippen LogP contribution in [0, 0.1) is 5.92 Å². The summed E-state index contributed by atoms with van der Waals surface area (Å²) in [6.45, 7) is 4.93. The van der Waals surface area contributed by atoms with Crippen LogP contribution in [0.2, 0.25) is 0 Å². The Balaban J connectivity index is 2.01. The molecule has 4 heteroatoms. The Kier molecular flexibility index (Phi) is 5.39. The summed E-state index contributed by atoms with van der Waals surface area (Å²) >= 11 is 0. The second-order valence-electron chi connectivity index (χ2n) is 5.61. The Morgan fingerprint density at radius 2 is 2.19 bits per heavy atom. The predicted octanol–water partition coefficient (Wildman–Crippen LogP) is 2.41. The highest BCUT2D eigenvalue weighted by Gasteiger charge is 2.11. The smallest absolute Gasteiger partial charge is 0.224 e. The number of aliphatic hydroxyl groups is 1. The third kappa shape index (κ3) is 3.85. The monoisotopic (exact) mass is 288 g/mol. The molecule has 0 aliphatic carbocycles. The van der Waals surface area contributed by atoms with E-state index >= 15 is 0 Å². The summed E-state index contributed by atoms with van der Waals surface area (Å²) in [5.74, 6) is 0.330. The van der Waals surface area contributed by atoms with Gasteiger partial charge in [-0.25, -0.2) is 0 Å². The number of benzene rings is 1. The van der Waals surface area contributed by atoms with Crippen molar-refractivity contribution < 1.29 is 9.90 Å². The molecule has 0 aliphatic heterocycles. The normalized spacial score (nSPS) is 12.5. The first-order valence-corrected chi connectivity index (χ1v) is 7.61. The molecule has 1 aromatic heterocycles. The van der Waals surface area contributed by atoms with Gasteiger partial charge in [-0.1, -0.05) is 32.0 Å². The van der Waals surface area contributed by atoms with Crippen molar-refractivity contribution in [1.29, 1.82) is 0 Å².